The molecule has 8 heteroatoms. The van der Waals surface area contributed by atoms with E-state index in [1.54, 1.807) is 6.92 Å². The molecule has 0 amide bonds. The zero-order chi connectivity index (χ0) is 15.3. The second-order valence-corrected chi connectivity index (χ2v) is 4.26. The lowest BCUT2D eigenvalue weighted by atomic mass is 10.1. The standard InChI is InChI=1S/C12H15F3N2O3/c1-2-9(18)5-6-16-8-3-4-11(17(19)20)10(7-8)12(13,14)15/h3-4,7,9,16,18H,2,5-6H2,1H3. The van der Waals surface area contributed by atoms with Gasteiger partial charge in [-0.1, -0.05) is 6.92 Å². The van der Waals surface area contributed by atoms with Gasteiger partial charge >= 0.3 is 6.18 Å². The highest BCUT2D eigenvalue weighted by molar-refractivity contribution is 5.55. The van der Waals surface area contributed by atoms with Gasteiger partial charge in [-0.15, -0.1) is 0 Å². The Labute approximate surface area is 113 Å². The highest BCUT2D eigenvalue weighted by Crippen LogP contribution is 2.37. The Kier molecular flexibility index (Phi) is 5.32. The third-order valence-electron chi connectivity index (χ3n) is 2.78. The number of anilines is 1. The molecule has 0 spiro atoms. The highest BCUT2D eigenvalue weighted by atomic mass is 19.4. The average molecular weight is 292 g/mol. The number of nitro benzene ring substituents is 1. The van der Waals surface area contributed by atoms with E-state index in [0.717, 1.165) is 6.07 Å². The summed E-state index contributed by atoms with van der Waals surface area (Å²) >= 11 is 0. The summed E-state index contributed by atoms with van der Waals surface area (Å²) in [5, 5.41) is 22.6. The van der Waals surface area contributed by atoms with Crippen LogP contribution in [0, 0.1) is 10.1 Å². The molecule has 0 aromatic heterocycles. The molecule has 0 aliphatic heterocycles. The van der Waals surface area contributed by atoms with Crippen LogP contribution in [0.2, 0.25) is 0 Å². The van der Waals surface area contributed by atoms with Crippen LogP contribution in [0.3, 0.4) is 0 Å². The van der Waals surface area contributed by atoms with Crippen LogP contribution in [0.4, 0.5) is 24.5 Å². The van der Waals surface area contributed by atoms with Crippen LogP contribution in [0.5, 0.6) is 0 Å². The number of benzene rings is 1. The van der Waals surface area contributed by atoms with Crippen LogP contribution < -0.4 is 5.32 Å². The summed E-state index contributed by atoms with van der Waals surface area (Å²) in [5.74, 6) is 0. The van der Waals surface area contributed by atoms with Gasteiger partial charge in [0.05, 0.1) is 11.0 Å². The minimum atomic E-state index is -4.79. The summed E-state index contributed by atoms with van der Waals surface area (Å²) < 4.78 is 38.2. The van der Waals surface area contributed by atoms with E-state index >= 15 is 0 Å². The first-order chi connectivity index (χ1) is 9.25. The number of rotatable bonds is 6. The predicted octanol–water partition coefficient (Wildman–Crippen LogP) is 3.19. The molecule has 0 heterocycles. The van der Waals surface area contributed by atoms with Crippen molar-refractivity contribution < 1.29 is 23.2 Å². The lowest BCUT2D eigenvalue weighted by Gasteiger charge is -2.12. The van der Waals surface area contributed by atoms with Crippen LogP contribution in [0.25, 0.3) is 0 Å². The molecule has 20 heavy (non-hydrogen) atoms. The SMILES string of the molecule is CCC(O)CCNc1ccc([N+](=O)[O-])c(C(F)(F)F)c1. The summed E-state index contributed by atoms with van der Waals surface area (Å²) in [7, 11) is 0. The van der Waals surface area contributed by atoms with Gasteiger partial charge in [0.2, 0.25) is 0 Å². The van der Waals surface area contributed by atoms with Crippen molar-refractivity contribution in [1.82, 2.24) is 0 Å². The summed E-state index contributed by atoms with van der Waals surface area (Å²) in [6, 6.07) is 2.74. The van der Waals surface area contributed by atoms with E-state index in [0.29, 0.717) is 18.9 Å². The molecule has 112 valence electrons. The molecule has 0 bridgehead atoms. The van der Waals surface area contributed by atoms with E-state index in [1.807, 2.05) is 0 Å². The number of halogens is 3. The predicted molar refractivity (Wildman–Crippen MR) is 67.5 cm³/mol. The van der Waals surface area contributed by atoms with Crippen LogP contribution in [0.15, 0.2) is 18.2 Å². The number of hydrogen-bond acceptors (Lipinski definition) is 4. The summed E-state index contributed by atoms with van der Waals surface area (Å²) in [6.45, 7) is 2.07. The first-order valence-corrected chi connectivity index (χ1v) is 6.03. The van der Waals surface area contributed by atoms with E-state index in [2.05, 4.69) is 5.32 Å². The normalized spacial score (nSPS) is 13.1. The van der Waals surface area contributed by atoms with Crippen molar-refractivity contribution in [3.05, 3.63) is 33.9 Å². The van der Waals surface area contributed by atoms with Crippen molar-refractivity contribution in [2.75, 3.05) is 11.9 Å². The third kappa shape index (κ3) is 4.37. The van der Waals surface area contributed by atoms with Gasteiger partial charge < -0.3 is 10.4 Å². The van der Waals surface area contributed by atoms with Crippen LogP contribution in [0.1, 0.15) is 25.3 Å². The second kappa shape index (κ2) is 6.56. The Hall–Kier alpha value is -1.83. The Morgan fingerprint density at radius 1 is 1.45 bits per heavy atom. The molecule has 1 atom stereocenters. The highest BCUT2D eigenvalue weighted by Gasteiger charge is 2.38. The zero-order valence-electron chi connectivity index (χ0n) is 10.8. The molecule has 2 N–H and O–H groups in total. The molecule has 0 radical (unpaired) electrons. The van der Waals surface area contributed by atoms with Gasteiger partial charge in [-0.05, 0) is 25.0 Å². The third-order valence-corrected chi connectivity index (χ3v) is 2.78. The lowest BCUT2D eigenvalue weighted by molar-refractivity contribution is -0.388. The fraction of sp³-hybridized carbons (Fsp3) is 0.500. The molecule has 0 aliphatic rings. The molecule has 0 saturated carbocycles. The van der Waals surface area contributed by atoms with Crippen LogP contribution in [-0.4, -0.2) is 22.7 Å². The van der Waals surface area contributed by atoms with Crippen molar-refractivity contribution >= 4 is 11.4 Å². The average Bonchev–Trinajstić information content (AvgIpc) is 2.37. The van der Waals surface area contributed by atoms with Crippen molar-refractivity contribution in [1.29, 1.82) is 0 Å². The van der Waals surface area contributed by atoms with Gasteiger partial charge in [0.15, 0.2) is 0 Å². The van der Waals surface area contributed by atoms with Crippen LogP contribution >= 0.6 is 0 Å². The molecule has 0 saturated heterocycles. The lowest BCUT2D eigenvalue weighted by Crippen LogP contribution is -2.13. The molecule has 0 fully saturated rings. The summed E-state index contributed by atoms with van der Waals surface area (Å²) in [5.41, 5.74) is -2.13. The van der Waals surface area contributed by atoms with E-state index in [1.165, 1.54) is 6.07 Å². The number of alkyl halides is 3. The van der Waals surface area contributed by atoms with E-state index in [4.69, 9.17) is 0 Å². The summed E-state index contributed by atoms with van der Waals surface area (Å²) in [6.07, 6.45) is -4.38. The van der Waals surface area contributed by atoms with E-state index in [9.17, 15) is 28.4 Å². The van der Waals surface area contributed by atoms with Crippen molar-refractivity contribution in [3.63, 3.8) is 0 Å². The number of nitrogens with one attached hydrogen (secondary N) is 1. The Morgan fingerprint density at radius 3 is 2.60 bits per heavy atom. The van der Waals surface area contributed by atoms with Gasteiger partial charge in [0, 0.05) is 18.3 Å². The first-order valence-electron chi connectivity index (χ1n) is 6.03. The molecule has 0 aliphatic carbocycles. The minimum Gasteiger partial charge on any atom is -0.393 e. The maximum atomic E-state index is 12.7. The molecule has 1 rings (SSSR count). The molecule has 1 aromatic carbocycles. The number of nitro groups is 1. The maximum Gasteiger partial charge on any atom is 0.423 e. The Morgan fingerprint density at radius 2 is 2.10 bits per heavy atom. The second-order valence-electron chi connectivity index (χ2n) is 4.26. The monoisotopic (exact) mass is 292 g/mol. The Balaban J connectivity index is 2.88. The first kappa shape index (κ1) is 16.2. The maximum absolute atomic E-state index is 12.7. The molecular formula is C12H15F3N2O3. The molecule has 1 unspecified atom stereocenters. The topological polar surface area (TPSA) is 75.4 Å². The fourth-order valence-electron chi connectivity index (χ4n) is 1.62. The van der Waals surface area contributed by atoms with Crippen molar-refractivity contribution in [3.8, 4) is 0 Å². The number of aliphatic hydroxyl groups excluding tert-OH is 1. The van der Waals surface area contributed by atoms with Gasteiger partial charge in [-0.2, -0.15) is 13.2 Å². The van der Waals surface area contributed by atoms with E-state index in [-0.39, 0.29) is 12.2 Å². The number of aliphatic hydroxyl groups is 1. The molecule has 1 aromatic rings. The van der Waals surface area contributed by atoms with Gasteiger partial charge in [-0.25, -0.2) is 0 Å². The van der Waals surface area contributed by atoms with E-state index < -0.39 is 28.5 Å². The van der Waals surface area contributed by atoms with Crippen molar-refractivity contribution in [2.45, 2.75) is 32.0 Å². The smallest absolute Gasteiger partial charge is 0.393 e. The van der Waals surface area contributed by atoms with Gasteiger partial charge in [-0.3, -0.25) is 10.1 Å². The van der Waals surface area contributed by atoms with Crippen LogP contribution in [-0.2, 0) is 6.18 Å². The molecular weight excluding hydrogens is 277 g/mol. The van der Waals surface area contributed by atoms with Gasteiger partial charge in [0.25, 0.3) is 5.69 Å². The number of hydrogen-bond donors (Lipinski definition) is 2. The minimum absolute atomic E-state index is 0.131. The quantitative estimate of drug-likeness (QED) is 0.623. The summed E-state index contributed by atoms with van der Waals surface area (Å²) in [4.78, 5) is 9.51. The molecule has 5 nitrogen and oxygen atoms in total. The zero-order valence-corrected chi connectivity index (χ0v) is 10.8. The fourth-order valence-corrected chi connectivity index (χ4v) is 1.62. The number of nitrogens with zero attached hydrogens (tertiary/aromatic N) is 1. The Bertz CT molecular complexity index is 478. The van der Waals surface area contributed by atoms with Crippen molar-refractivity contribution in [2.24, 2.45) is 0 Å². The largest absolute Gasteiger partial charge is 0.423 e. The van der Waals surface area contributed by atoms with Gasteiger partial charge in [0.1, 0.15) is 5.56 Å².